The van der Waals surface area contributed by atoms with Gasteiger partial charge in [0.25, 0.3) is 5.91 Å². The Kier molecular flexibility index (Phi) is 5.03. The van der Waals surface area contributed by atoms with E-state index >= 15 is 0 Å². The van der Waals surface area contributed by atoms with Gasteiger partial charge >= 0.3 is 5.97 Å². The molecule has 7 nitrogen and oxygen atoms in total. The maximum atomic E-state index is 13.9. The second-order valence-corrected chi connectivity index (χ2v) is 10.1. The van der Waals surface area contributed by atoms with Gasteiger partial charge in [-0.1, -0.05) is 60.7 Å². The number of aromatic carboxylic acids is 1. The summed E-state index contributed by atoms with van der Waals surface area (Å²) in [4.78, 5) is 53.4. The molecule has 1 saturated heterocycles. The maximum absolute atomic E-state index is 13.9. The summed E-state index contributed by atoms with van der Waals surface area (Å²) in [5.41, 5.74) is 5.29. The van der Waals surface area contributed by atoms with Crippen LogP contribution in [-0.2, 0) is 9.59 Å². The summed E-state index contributed by atoms with van der Waals surface area (Å²) >= 11 is 0. The average Bonchev–Trinajstić information content (AvgIpc) is 3.23. The molecule has 0 spiro atoms. The number of imide groups is 1. The number of carbonyl (C=O) groups is 4. The van der Waals surface area contributed by atoms with Gasteiger partial charge in [0.05, 0.1) is 28.8 Å². The monoisotopic (exact) mass is 514 g/mol. The summed E-state index contributed by atoms with van der Waals surface area (Å²) in [5, 5.41) is 12.0. The number of hydrogen-bond acceptors (Lipinski definition) is 4. The molecule has 1 fully saturated rings. The molecule has 0 unspecified atom stereocenters. The van der Waals surface area contributed by atoms with E-state index in [1.165, 1.54) is 29.2 Å². The number of anilines is 2. The standard InChI is InChI=1S/C32H22N2O5/c35-29(33-24-12-6-5-11-23(24)32(38)39)17-13-15-18(16-14-17)34-30(36)27-25-19-7-1-2-8-20(19)26(28(27)31(34)37)22-10-4-3-9-21(22)25/h1-16,25-28H,(H,33,35)(H,38,39)/t25?,26?,27-,28-/m1/s1. The predicted octanol–water partition coefficient (Wildman–Crippen LogP) is 5.03. The Morgan fingerprint density at radius 3 is 1.59 bits per heavy atom. The third-order valence-corrected chi connectivity index (χ3v) is 8.24. The van der Waals surface area contributed by atoms with Crippen molar-refractivity contribution < 1.29 is 24.3 Å². The van der Waals surface area contributed by atoms with Gasteiger partial charge in [0.1, 0.15) is 0 Å². The molecule has 190 valence electrons. The van der Waals surface area contributed by atoms with Crippen molar-refractivity contribution in [3.8, 4) is 0 Å². The SMILES string of the molecule is O=C(Nc1ccccc1C(=O)O)c1ccc(N2C(=O)[C@@H]3C4c5ccccc5C(c5ccccc54)[C@H]3C2=O)cc1. The number of rotatable bonds is 4. The lowest BCUT2D eigenvalue weighted by Gasteiger charge is -2.45. The lowest BCUT2D eigenvalue weighted by Crippen LogP contribution is -2.41. The number of hydrogen-bond donors (Lipinski definition) is 2. The van der Waals surface area contributed by atoms with E-state index in [2.05, 4.69) is 29.6 Å². The van der Waals surface area contributed by atoms with Gasteiger partial charge in [-0.2, -0.15) is 0 Å². The van der Waals surface area contributed by atoms with E-state index in [4.69, 9.17) is 0 Å². The average molecular weight is 515 g/mol. The van der Waals surface area contributed by atoms with Crippen LogP contribution >= 0.6 is 0 Å². The predicted molar refractivity (Wildman–Crippen MR) is 144 cm³/mol. The summed E-state index contributed by atoms with van der Waals surface area (Å²) < 4.78 is 0. The highest BCUT2D eigenvalue weighted by Gasteiger charge is 2.61. The smallest absolute Gasteiger partial charge is 0.337 e. The highest BCUT2D eigenvalue weighted by molar-refractivity contribution is 6.23. The largest absolute Gasteiger partial charge is 0.478 e. The number of amides is 3. The highest BCUT2D eigenvalue weighted by atomic mass is 16.4. The van der Waals surface area contributed by atoms with E-state index in [9.17, 15) is 24.3 Å². The zero-order chi connectivity index (χ0) is 26.8. The molecule has 0 radical (unpaired) electrons. The molecule has 4 aliphatic rings. The topological polar surface area (TPSA) is 104 Å². The molecule has 39 heavy (non-hydrogen) atoms. The van der Waals surface area contributed by atoms with E-state index in [1.54, 1.807) is 24.3 Å². The van der Waals surface area contributed by atoms with Gasteiger partial charge in [-0.15, -0.1) is 0 Å². The van der Waals surface area contributed by atoms with Gasteiger partial charge in [-0.25, -0.2) is 9.69 Å². The van der Waals surface area contributed by atoms with Crippen LogP contribution in [0.15, 0.2) is 97.1 Å². The van der Waals surface area contributed by atoms with Crippen LogP contribution in [-0.4, -0.2) is 28.8 Å². The van der Waals surface area contributed by atoms with Crippen molar-refractivity contribution >= 4 is 35.1 Å². The highest BCUT2D eigenvalue weighted by Crippen LogP contribution is 2.61. The summed E-state index contributed by atoms with van der Waals surface area (Å²) in [6, 6.07) is 28.6. The lowest BCUT2D eigenvalue weighted by atomic mass is 9.55. The van der Waals surface area contributed by atoms with Gasteiger partial charge < -0.3 is 10.4 Å². The minimum absolute atomic E-state index is 0.0186. The first kappa shape index (κ1) is 23.1. The Morgan fingerprint density at radius 2 is 1.10 bits per heavy atom. The Hall–Kier alpha value is -5.04. The summed E-state index contributed by atoms with van der Waals surface area (Å²) in [6.45, 7) is 0. The zero-order valence-electron chi connectivity index (χ0n) is 20.6. The lowest BCUT2D eigenvalue weighted by molar-refractivity contribution is -0.122. The van der Waals surface area contributed by atoms with Crippen LogP contribution in [0.4, 0.5) is 11.4 Å². The number of benzene rings is 4. The first-order valence-electron chi connectivity index (χ1n) is 12.7. The fourth-order valence-electron chi connectivity index (χ4n) is 6.67. The number of carboxylic acid groups (broad SMARTS) is 1. The number of carbonyl (C=O) groups excluding carboxylic acids is 3. The minimum atomic E-state index is -1.15. The van der Waals surface area contributed by atoms with Crippen LogP contribution in [0.25, 0.3) is 0 Å². The molecule has 4 aromatic carbocycles. The molecule has 2 N–H and O–H groups in total. The molecule has 2 atom stereocenters. The van der Waals surface area contributed by atoms with Gasteiger partial charge in [-0.3, -0.25) is 14.4 Å². The Bertz CT molecular complexity index is 1590. The third kappa shape index (κ3) is 3.29. The molecule has 7 heteroatoms. The van der Waals surface area contributed by atoms with Crippen LogP contribution in [0.2, 0.25) is 0 Å². The zero-order valence-corrected chi connectivity index (χ0v) is 20.6. The van der Waals surface area contributed by atoms with E-state index in [-0.39, 0.29) is 40.5 Å². The molecule has 0 aromatic heterocycles. The molecule has 8 rings (SSSR count). The van der Waals surface area contributed by atoms with Crippen LogP contribution < -0.4 is 10.2 Å². The van der Waals surface area contributed by atoms with Gasteiger partial charge in [0, 0.05) is 17.4 Å². The molecule has 1 heterocycles. The van der Waals surface area contributed by atoms with E-state index in [0.717, 1.165) is 22.3 Å². The van der Waals surface area contributed by atoms with Crippen molar-refractivity contribution in [1.82, 2.24) is 0 Å². The van der Waals surface area contributed by atoms with Crippen LogP contribution in [0, 0.1) is 11.8 Å². The second kappa shape index (κ2) is 8.49. The minimum Gasteiger partial charge on any atom is -0.478 e. The van der Waals surface area contributed by atoms with Gasteiger partial charge in [0.15, 0.2) is 0 Å². The number of carboxylic acids is 1. The van der Waals surface area contributed by atoms with Crippen molar-refractivity contribution in [1.29, 1.82) is 0 Å². The Morgan fingerprint density at radius 1 is 0.641 bits per heavy atom. The molecule has 4 aromatic rings. The van der Waals surface area contributed by atoms with Crippen LogP contribution in [0.5, 0.6) is 0 Å². The molecule has 3 aliphatic carbocycles. The number of nitrogens with one attached hydrogen (secondary N) is 1. The second-order valence-electron chi connectivity index (χ2n) is 10.1. The molecule has 2 bridgehead atoms. The summed E-state index contributed by atoms with van der Waals surface area (Å²) in [5.74, 6) is -3.43. The maximum Gasteiger partial charge on any atom is 0.337 e. The van der Waals surface area contributed by atoms with Gasteiger partial charge in [0.2, 0.25) is 11.8 Å². The van der Waals surface area contributed by atoms with E-state index in [1.807, 2.05) is 24.3 Å². The first-order chi connectivity index (χ1) is 19.0. The molecular weight excluding hydrogens is 492 g/mol. The summed E-state index contributed by atoms with van der Waals surface area (Å²) in [7, 11) is 0. The molecule has 0 saturated carbocycles. The quantitative estimate of drug-likeness (QED) is 0.372. The van der Waals surface area contributed by atoms with Gasteiger partial charge in [-0.05, 0) is 58.7 Å². The Balaban J connectivity index is 1.21. The van der Waals surface area contributed by atoms with Crippen molar-refractivity contribution in [3.63, 3.8) is 0 Å². The first-order valence-corrected chi connectivity index (χ1v) is 12.7. The third-order valence-electron chi connectivity index (χ3n) is 8.24. The van der Waals surface area contributed by atoms with Crippen molar-refractivity contribution in [3.05, 3.63) is 130 Å². The van der Waals surface area contributed by atoms with Crippen molar-refractivity contribution in [2.24, 2.45) is 11.8 Å². The van der Waals surface area contributed by atoms with E-state index in [0.29, 0.717) is 5.69 Å². The Labute approximate surface area is 223 Å². The fourth-order valence-corrected chi connectivity index (χ4v) is 6.67. The van der Waals surface area contributed by atoms with Crippen molar-refractivity contribution in [2.75, 3.05) is 10.2 Å². The summed E-state index contributed by atoms with van der Waals surface area (Å²) in [6.07, 6.45) is 0. The van der Waals surface area contributed by atoms with E-state index < -0.39 is 23.7 Å². The number of nitrogens with zero attached hydrogens (tertiary/aromatic N) is 1. The molecular formula is C32H22N2O5. The fraction of sp³-hybridized carbons (Fsp3) is 0.125. The normalized spacial score (nSPS) is 22.2. The number of para-hydroxylation sites is 1. The van der Waals surface area contributed by atoms with Crippen LogP contribution in [0.3, 0.4) is 0 Å². The van der Waals surface area contributed by atoms with Crippen molar-refractivity contribution in [2.45, 2.75) is 11.8 Å². The molecule has 1 aliphatic heterocycles. The molecule has 3 amide bonds. The van der Waals surface area contributed by atoms with Crippen LogP contribution in [0.1, 0.15) is 54.8 Å².